The number of hydrogen-bond acceptors (Lipinski definition) is 5. The highest BCUT2D eigenvalue weighted by Crippen LogP contribution is 2.24. The molecule has 7 nitrogen and oxygen atoms in total. The van der Waals surface area contributed by atoms with Crippen LogP contribution in [-0.4, -0.2) is 38.9 Å². The molecule has 0 spiro atoms. The quantitative estimate of drug-likeness (QED) is 0.793. The minimum absolute atomic E-state index is 0.00604. The first-order valence-electron chi connectivity index (χ1n) is 8.32. The van der Waals surface area contributed by atoms with Crippen LogP contribution >= 0.6 is 0 Å². The molecule has 128 valence electrons. The smallest absolute Gasteiger partial charge is 0.228 e. The fourth-order valence-electron chi connectivity index (χ4n) is 3.02. The summed E-state index contributed by atoms with van der Waals surface area (Å²) in [5.41, 5.74) is 2.77. The lowest BCUT2D eigenvalue weighted by molar-refractivity contribution is -0.122. The van der Waals surface area contributed by atoms with Gasteiger partial charge in [-0.15, -0.1) is 0 Å². The van der Waals surface area contributed by atoms with Crippen molar-refractivity contribution in [2.45, 2.75) is 12.8 Å². The second-order valence-corrected chi connectivity index (χ2v) is 6.26. The first kappa shape index (κ1) is 15.7. The van der Waals surface area contributed by atoms with E-state index in [0.29, 0.717) is 19.0 Å². The van der Waals surface area contributed by atoms with Crippen LogP contribution in [0.3, 0.4) is 0 Å². The molecule has 0 bridgehead atoms. The summed E-state index contributed by atoms with van der Waals surface area (Å²) < 4.78 is 7.06. The second kappa shape index (κ2) is 6.60. The molecule has 0 atom stereocenters. The fraction of sp³-hybridized carbons (Fsp3) is 0.333. The van der Waals surface area contributed by atoms with Gasteiger partial charge in [0, 0.05) is 55.1 Å². The van der Waals surface area contributed by atoms with Crippen LogP contribution in [0.2, 0.25) is 0 Å². The van der Waals surface area contributed by atoms with Crippen molar-refractivity contribution in [3.05, 3.63) is 36.9 Å². The van der Waals surface area contributed by atoms with Crippen molar-refractivity contribution < 1.29 is 9.53 Å². The number of pyridine rings is 2. The number of nitrogens with one attached hydrogen (secondary N) is 1. The number of rotatable bonds is 3. The first-order valence-corrected chi connectivity index (χ1v) is 8.32. The molecule has 0 aromatic carbocycles. The SMILES string of the molecule is Cn1cc(-c2cnc3cnc(NC(=O)C4CCOCC4)cc3c2)cn1. The Morgan fingerprint density at radius 3 is 2.76 bits per heavy atom. The zero-order chi connectivity index (χ0) is 17.2. The molecule has 0 radical (unpaired) electrons. The number of aryl methyl sites for hydroxylation is 1. The van der Waals surface area contributed by atoms with Gasteiger partial charge in [-0.1, -0.05) is 0 Å². The van der Waals surface area contributed by atoms with Crippen molar-refractivity contribution in [3.8, 4) is 11.1 Å². The maximum absolute atomic E-state index is 12.4. The molecule has 1 fully saturated rings. The maximum atomic E-state index is 12.4. The van der Waals surface area contributed by atoms with Crippen molar-refractivity contribution in [1.82, 2.24) is 19.7 Å². The highest BCUT2D eigenvalue weighted by atomic mass is 16.5. The Morgan fingerprint density at radius 2 is 2.00 bits per heavy atom. The standard InChI is InChI=1S/C18H19N5O2/c1-23-11-15(9-21-23)14-6-13-7-17(20-10-16(13)19-8-14)22-18(24)12-2-4-25-5-3-12/h6-12H,2-5H2,1H3,(H,20,22,24). The van der Waals surface area contributed by atoms with Crippen LogP contribution in [-0.2, 0) is 16.6 Å². The summed E-state index contributed by atoms with van der Waals surface area (Å²) in [6.07, 6.45) is 8.75. The number of amides is 1. The minimum Gasteiger partial charge on any atom is -0.381 e. The average Bonchev–Trinajstić information content (AvgIpc) is 3.08. The van der Waals surface area contributed by atoms with Crippen molar-refractivity contribution in [3.63, 3.8) is 0 Å². The van der Waals surface area contributed by atoms with E-state index in [2.05, 4.69) is 20.4 Å². The second-order valence-electron chi connectivity index (χ2n) is 6.26. The van der Waals surface area contributed by atoms with Crippen LogP contribution in [0.5, 0.6) is 0 Å². The van der Waals surface area contributed by atoms with E-state index < -0.39 is 0 Å². The van der Waals surface area contributed by atoms with Gasteiger partial charge in [0.05, 0.1) is 17.9 Å². The molecule has 3 aromatic heterocycles. The summed E-state index contributed by atoms with van der Waals surface area (Å²) in [6.45, 7) is 1.28. The van der Waals surface area contributed by atoms with Crippen LogP contribution in [0.25, 0.3) is 22.0 Å². The molecule has 0 unspecified atom stereocenters. The Bertz CT molecular complexity index is 915. The molecule has 7 heteroatoms. The largest absolute Gasteiger partial charge is 0.381 e. The highest BCUT2D eigenvalue weighted by molar-refractivity contribution is 5.94. The zero-order valence-electron chi connectivity index (χ0n) is 14.0. The number of hydrogen-bond donors (Lipinski definition) is 1. The summed E-state index contributed by atoms with van der Waals surface area (Å²) in [6, 6.07) is 3.89. The average molecular weight is 337 g/mol. The number of nitrogens with zero attached hydrogens (tertiary/aromatic N) is 4. The van der Waals surface area contributed by atoms with E-state index in [0.717, 1.165) is 34.9 Å². The van der Waals surface area contributed by atoms with Gasteiger partial charge < -0.3 is 10.1 Å². The van der Waals surface area contributed by atoms with E-state index in [9.17, 15) is 4.79 Å². The van der Waals surface area contributed by atoms with Crippen LogP contribution in [0.4, 0.5) is 5.82 Å². The summed E-state index contributed by atoms with van der Waals surface area (Å²) in [4.78, 5) is 21.1. The van der Waals surface area contributed by atoms with Crippen molar-refractivity contribution in [2.24, 2.45) is 13.0 Å². The molecule has 4 rings (SSSR count). The van der Waals surface area contributed by atoms with E-state index in [1.54, 1.807) is 23.3 Å². The molecule has 3 aromatic rings. The first-order chi connectivity index (χ1) is 12.2. The van der Waals surface area contributed by atoms with Gasteiger partial charge in [0.1, 0.15) is 5.82 Å². The Morgan fingerprint density at radius 1 is 1.16 bits per heavy atom. The Kier molecular flexibility index (Phi) is 4.15. The number of aromatic nitrogens is 4. The van der Waals surface area contributed by atoms with Gasteiger partial charge >= 0.3 is 0 Å². The number of ether oxygens (including phenoxy) is 1. The van der Waals surface area contributed by atoms with Gasteiger partial charge in [0.25, 0.3) is 0 Å². The lowest BCUT2D eigenvalue weighted by Crippen LogP contribution is -2.28. The summed E-state index contributed by atoms with van der Waals surface area (Å²) in [7, 11) is 1.88. The van der Waals surface area contributed by atoms with Gasteiger partial charge in [-0.05, 0) is 25.0 Å². The van der Waals surface area contributed by atoms with Crippen molar-refractivity contribution >= 4 is 22.6 Å². The van der Waals surface area contributed by atoms with E-state index in [1.807, 2.05) is 25.4 Å². The third-order valence-electron chi connectivity index (χ3n) is 4.45. The number of anilines is 1. The predicted octanol–water partition coefficient (Wildman–Crippen LogP) is 2.40. The van der Waals surface area contributed by atoms with Crippen LogP contribution < -0.4 is 5.32 Å². The Balaban J connectivity index is 1.59. The third kappa shape index (κ3) is 3.36. The van der Waals surface area contributed by atoms with Gasteiger partial charge in [0.15, 0.2) is 0 Å². The molecule has 1 aliphatic heterocycles. The third-order valence-corrected chi connectivity index (χ3v) is 4.45. The van der Waals surface area contributed by atoms with Gasteiger partial charge in [-0.25, -0.2) is 4.98 Å². The Labute approximate surface area is 145 Å². The molecule has 0 aliphatic carbocycles. The molecule has 1 saturated heterocycles. The molecular formula is C18H19N5O2. The number of fused-ring (bicyclic) bond motifs is 1. The summed E-state index contributed by atoms with van der Waals surface area (Å²) in [5, 5.41) is 8.04. The van der Waals surface area contributed by atoms with E-state index in [-0.39, 0.29) is 11.8 Å². The molecule has 4 heterocycles. The lowest BCUT2D eigenvalue weighted by Gasteiger charge is -2.20. The monoisotopic (exact) mass is 337 g/mol. The molecule has 25 heavy (non-hydrogen) atoms. The number of carbonyl (C=O) groups excluding carboxylic acids is 1. The van der Waals surface area contributed by atoms with Crippen LogP contribution in [0.15, 0.2) is 36.9 Å². The molecule has 0 saturated carbocycles. The zero-order valence-corrected chi connectivity index (χ0v) is 14.0. The van der Waals surface area contributed by atoms with Crippen molar-refractivity contribution in [2.75, 3.05) is 18.5 Å². The minimum atomic E-state index is -0.00824. The Hall–Kier alpha value is -2.80. The van der Waals surface area contributed by atoms with Crippen LogP contribution in [0.1, 0.15) is 12.8 Å². The predicted molar refractivity (Wildman–Crippen MR) is 93.9 cm³/mol. The number of carbonyl (C=O) groups is 1. The maximum Gasteiger partial charge on any atom is 0.228 e. The summed E-state index contributed by atoms with van der Waals surface area (Å²) >= 11 is 0. The van der Waals surface area contributed by atoms with Gasteiger partial charge in [-0.3, -0.25) is 14.5 Å². The van der Waals surface area contributed by atoms with Gasteiger partial charge in [0.2, 0.25) is 5.91 Å². The van der Waals surface area contributed by atoms with E-state index in [1.165, 1.54) is 0 Å². The molecular weight excluding hydrogens is 318 g/mol. The van der Waals surface area contributed by atoms with Crippen LogP contribution in [0, 0.1) is 5.92 Å². The summed E-state index contributed by atoms with van der Waals surface area (Å²) in [5.74, 6) is 0.548. The van der Waals surface area contributed by atoms with E-state index >= 15 is 0 Å². The normalized spacial score (nSPS) is 15.4. The highest BCUT2D eigenvalue weighted by Gasteiger charge is 2.21. The van der Waals surface area contributed by atoms with Gasteiger partial charge in [-0.2, -0.15) is 5.10 Å². The molecule has 1 N–H and O–H groups in total. The van der Waals surface area contributed by atoms with Crippen molar-refractivity contribution in [1.29, 1.82) is 0 Å². The lowest BCUT2D eigenvalue weighted by atomic mass is 9.99. The fourth-order valence-corrected chi connectivity index (χ4v) is 3.02. The van der Waals surface area contributed by atoms with E-state index in [4.69, 9.17) is 4.74 Å². The molecule has 1 aliphatic rings. The molecule has 1 amide bonds. The topological polar surface area (TPSA) is 81.9 Å².